The fraction of sp³-hybridized carbons (Fsp3) is 0.615. The van der Waals surface area contributed by atoms with Crippen LogP contribution in [-0.2, 0) is 10.0 Å². The van der Waals surface area contributed by atoms with Crippen LogP contribution in [0.15, 0.2) is 23.2 Å². The highest BCUT2D eigenvalue weighted by molar-refractivity contribution is 7.89. The number of hydrogen-bond acceptors (Lipinski definition) is 4. The van der Waals surface area contributed by atoms with Crippen LogP contribution in [0.3, 0.4) is 0 Å². The van der Waals surface area contributed by atoms with Crippen molar-refractivity contribution in [3.8, 4) is 0 Å². The lowest BCUT2D eigenvalue weighted by Crippen LogP contribution is -2.42. The summed E-state index contributed by atoms with van der Waals surface area (Å²) < 4.78 is 27.2. The first kappa shape index (κ1) is 15.9. The Morgan fingerprint density at radius 1 is 1.32 bits per heavy atom. The Hall–Kier alpha value is -1.14. The first-order valence-corrected chi connectivity index (χ1v) is 8.03. The lowest BCUT2D eigenvalue weighted by atomic mass is 10.0. The van der Waals surface area contributed by atoms with Crippen molar-refractivity contribution in [2.45, 2.75) is 51.0 Å². The predicted molar refractivity (Wildman–Crippen MR) is 77.7 cm³/mol. The van der Waals surface area contributed by atoms with Crippen molar-refractivity contribution in [1.29, 1.82) is 0 Å². The molecular formula is C13H23N3O2S. The number of rotatable bonds is 7. The Morgan fingerprint density at radius 2 is 2.00 bits per heavy atom. The van der Waals surface area contributed by atoms with Crippen LogP contribution in [-0.4, -0.2) is 25.5 Å². The normalized spacial score (nSPS) is 12.4. The molecule has 0 spiro atoms. The van der Waals surface area contributed by atoms with Crippen LogP contribution in [0.5, 0.6) is 0 Å². The van der Waals surface area contributed by atoms with Gasteiger partial charge in [0.05, 0.1) is 4.90 Å². The zero-order valence-electron chi connectivity index (χ0n) is 12.0. The molecule has 0 saturated heterocycles. The largest absolute Gasteiger partial charge is 0.370 e. The molecule has 6 heteroatoms. The Labute approximate surface area is 115 Å². The number of aromatic nitrogens is 1. The quantitative estimate of drug-likeness (QED) is 0.807. The summed E-state index contributed by atoms with van der Waals surface area (Å²) >= 11 is 0. The lowest BCUT2D eigenvalue weighted by Gasteiger charge is -2.24. The van der Waals surface area contributed by atoms with Crippen LogP contribution in [0.2, 0.25) is 0 Å². The van der Waals surface area contributed by atoms with Gasteiger partial charge in [0.25, 0.3) is 0 Å². The van der Waals surface area contributed by atoms with Crippen molar-refractivity contribution in [1.82, 2.24) is 9.71 Å². The topological polar surface area (TPSA) is 71.1 Å². The van der Waals surface area contributed by atoms with Gasteiger partial charge in [0, 0.05) is 24.3 Å². The van der Waals surface area contributed by atoms with E-state index in [1.165, 1.54) is 12.3 Å². The van der Waals surface area contributed by atoms with E-state index in [1.54, 1.807) is 6.07 Å². The monoisotopic (exact) mass is 285 g/mol. The number of hydrogen-bond donors (Lipinski definition) is 2. The molecule has 1 aromatic rings. The van der Waals surface area contributed by atoms with E-state index in [0.29, 0.717) is 5.82 Å². The lowest BCUT2D eigenvalue weighted by molar-refractivity contribution is 0.439. The fourth-order valence-corrected chi connectivity index (χ4v) is 2.92. The van der Waals surface area contributed by atoms with Crippen molar-refractivity contribution < 1.29 is 8.42 Å². The second kappa shape index (κ2) is 6.34. The highest BCUT2D eigenvalue weighted by atomic mass is 32.2. The summed E-state index contributed by atoms with van der Waals surface area (Å²) in [5, 5.41) is 3.08. The number of pyridine rings is 1. The minimum atomic E-state index is -3.51. The van der Waals surface area contributed by atoms with Gasteiger partial charge in [-0.1, -0.05) is 13.8 Å². The molecule has 0 amide bonds. The Kier molecular flexibility index (Phi) is 5.31. The van der Waals surface area contributed by atoms with Crippen molar-refractivity contribution in [3.63, 3.8) is 0 Å². The Morgan fingerprint density at radius 3 is 2.58 bits per heavy atom. The van der Waals surface area contributed by atoms with Gasteiger partial charge in [-0.05, 0) is 32.8 Å². The van der Waals surface area contributed by atoms with Gasteiger partial charge < -0.3 is 5.32 Å². The smallest absolute Gasteiger partial charge is 0.241 e. The number of nitrogens with one attached hydrogen (secondary N) is 2. The summed E-state index contributed by atoms with van der Waals surface area (Å²) in [5.41, 5.74) is -0.459. The van der Waals surface area contributed by atoms with Crippen LogP contribution in [0.25, 0.3) is 0 Å². The molecule has 0 bridgehead atoms. The van der Waals surface area contributed by atoms with Crippen LogP contribution < -0.4 is 10.0 Å². The van der Waals surface area contributed by atoms with Gasteiger partial charge in [-0.3, -0.25) is 0 Å². The molecule has 0 radical (unpaired) electrons. The van der Waals surface area contributed by atoms with E-state index in [4.69, 9.17) is 0 Å². The number of sulfonamides is 1. The molecule has 1 aromatic heterocycles. The average molecular weight is 285 g/mol. The maximum Gasteiger partial charge on any atom is 0.241 e. The van der Waals surface area contributed by atoms with Gasteiger partial charge in [-0.2, -0.15) is 0 Å². The minimum Gasteiger partial charge on any atom is -0.370 e. The zero-order chi connectivity index (χ0) is 14.5. The molecule has 0 fully saturated rings. The number of anilines is 1. The fourth-order valence-electron chi connectivity index (χ4n) is 1.42. The van der Waals surface area contributed by atoms with Gasteiger partial charge in [0.1, 0.15) is 5.82 Å². The maximum absolute atomic E-state index is 12.3. The maximum atomic E-state index is 12.3. The van der Waals surface area contributed by atoms with Crippen molar-refractivity contribution >= 4 is 15.8 Å². The summed E-state index contributed by atoms with van der Waals surface area (Å²) in [6.45, 7) is 8.48. The van der Waals surface area contributed by atoms with Gasteiger partial charge in [0.15, 0.2) is 0 Å². The first-order valence-electron chi connectivity index (χ1n) is 6.54. The molecule has 108 valence electrons. The molecule has 19 heavy (non-hydrogen) atoms. The highest BCUT2D eigenvalue weighted by Crippen LogP contribution is 2.17. The van der Waals surface area contributed by atoms with Gasteiger partial charge >= 0.3 is 0 Å². The Balaban J connectivity index is 2.95. The van der Waals surface area contributed by atoms with Gasteiger partial charge in [-0.25, -0.2) is 18.1 Å². The predicted octanol–water partition coefficient (Wildman–Crippen LogP) is 2.37. The highest BCUT2D eigenvalue weighted by Gasteiger charge is 2.24. The van der Waals surface area contributed by atoms with Gasteiger partial charge in [-0.15, -0.1) is 0 Å². The van der Waals surface area contributed by atoms with Crippen molar-refractivity contribution in [3.05, 3.63) is 18.3 Å². The summed E-state index contributed by atoms with van der Waals surface area (Å²) in [4.78, 5) is 4.34. The molecule has 1 rings (SSSR count). The van der Waals surface area contributed by atoms with Crippen molar-refractivity contribution in [2.24, 2.45) is 0 Å². The first-order chi connectivity index (χ1) is 8.80. The van der Waals surface area contributed by atoms with Crippen LogP contribution in [0.4, 0.5) is 5.82 Å². The van der Waals surface area contributed by atoms with Crippen molar-refractivity contribution in [2.75, 3.05) is 11.9 Å². The van der Waals surface area contributed by atoms with Gasteiger partial charge in [0.2, 0.25) is 10.0 Å². The molecule has 0 saturated carbocycles. The molecule has 0 aliphatic heterocycles. The summed E-state index contributed by atoms with van der Waals surface area (Å²) in [7, 11) is -3.51. The molecule has 1 heterocycles. The Bertz CT molecular complexity index is 512. The average Bonchev–Trinajstić information content (AvgIpc) is 2.35. The molecular weight excluding hydrogens is 262 g/mol. The van der Waals surface area contributed by atoms with Crippen LogP contribution >= 0.6 is 0 Å². The molecule has 0 aromatic carbocycles. The second-order valence-corrected chi connectivity index (χ2v) is 6.83. The van der Waals surface area contributed by atoms with Crippen LogP contribution in [0.1, 0.15) is 40.5 Å². The standard InChI is InChI=1S/C13H23N3O2S/c1-5-8-14-12-10-11(7-9-15-12)19(17,18)16-13(3,4)6-2/h7,9-10,16H,5-6,8H2,1-4H3,(H,14,15). The van der Waals surface area contributed by atoms with E-state index in [2.05, 4.69) is 15.0 Å². The van der Waals surface area contributed by atoms with E-state index in [0.717, 1.165) is 19.4 Å². The summed E-state index contributed by atoms with van der Waals surface area (Å²) in [6.07, 6.45) is 3.18. The van der Waals surface area contributed by atoms with E-state index < -0.39 is 15.6 Å². The second-order valence-electron chi connectivity index (χ2n) is 5.15. The SMILES string of the molecule is CCCNc1cc(S(=O)(=O)NC(C)(C)CC)ccn1. The van der Waals surface area contributed by atoms with Crippen LogP contribution in [0, 0.1) is 0 Å². The molecule has 5 nitrogen and oxygen atoms in total. The molecule has 0 aliphatic carbocycles. The van der Waals surface area contributed by atoms with E-state index in [1.807, 2.05) is 27.7 Å². The van der Waals surface area contributed by atoms with E-state index >= 15 is 0 Å². The molecule has 0 atom stereocenters. The summed E-state index contributed by atoms with van der Waals surface area (Å²) in [5.74, 6) is 0.582. The molecule has 0 unspecified atom stereocenters. The molecule has 2 N–H and O–H groups in total. The third-order valence-electron chi connectivity index (χ3n) is 2.89. The third-order valence-corrected chi connectivity index (χ3v) is 4.59. The zero-order valence-corrected chi connectivity index (χ0v) is 12.8. The summed E-state index contributed by atoms with van der Waals surface area (Å²) in [6, 6.07) is 3.06. The van der Waals surface area contributed by atoms with E-state index in [-0.39, 0.29) is 4.90 Å². The third kappa shape index (κ3) is 4.80. The molecule has 0 aliphatic rings. The minimum absolute atomic E-state index is 0.239. The number of nitrogens with zero attached hydrogens (tertiary/aromatic N) is 1. The van der Waals surface area contributed by atoms with E-state index in [9.17, 15) is 8.42 Å².